The number of amides is 3. The van der Waals surface area contributed by atoms with Crippen molar-refractivity contribution in [2.75, 3.05) is 19.8 Å². The standard InChI is InChI=1S/C22H26N4O7S/c1-3-25(4-2)13-24-22(34)31-12-15-10-20(29)32-17-6-5-14(9-16(15)17)11-23-21(30)33-26-18(27)7-8-19(26)28/h5-6,9-10H,3-4,7-8,11-13H2,1-2H3,(H,23,30)(H,24,34). The highest BCUT2D eigenvalue weighted by Crippen LogP contribution is 2.20. The van der Waals surface area contributed by atoms with Gasteiger partial charge in [0.25, 0.3) is 17.0 Å². The number of carbonyl (C=O) groups is 3. The van der Waals surface area contributed by atoms with Gasteiger partial charge in [0.1, 0.15) is 12.2 Å². The first-order valence-corrected chi connectivity index (χ1v) is 11.2. The third kappa shape index (κ3) is 6.51. The number of rotatable bonds is 9. The van der Waals surface area contributed by atoms with Crippen LogP contribution in [0.1, 0.15) is 37.8 Å². The Bertz CT molecular complexity index is 1130. The van der Waals surface area contributed by atoms with Crippen LogP contribution in [0.3, 0.4) is 0 Å². The number of thiocarbonyl (C=S) groups is 1. The van der Waals surface area contributed by atoms with Gasteiger partial charge < -0.3 is 24.6 Å². The fourth-order valence-electron chi connectivity index (χ4n) is 3.27. The van der Waals surface area contributed by atoms with Crippen molar-refractivity contribution in [1.29, 1.82) is 0 Å². The quantitative estimate of drug-likeness (QED) is 0.232. The molecule has 1 aliphatic rings. The lowest BCUT2D eigenvalue weighted by Gasteiger charge is -2.19. The molecule has 2 N–H and O–H groups in total. The van der Waals surface area contributed by atoms with Crippen LogP contribution in [0.5, 0.6) is 0 Å². The summed E-state index contributed by atoms with van der Waals surface area (Å²) in [5, 5.41) is 6.79. The fourth-order valence-corrected chi connectivity index (χ4v) is 3.39. The summed E-state index contributed by atoms with van der Waals surface area (Å²) in [7, 11) is 0. The summed E-state index contributed by atoms with van der Waals surface area (Å²) in [6.45, 7) is 6.46. The van der Waals surface area contributed by atoms with Gasteiger partial charge in [0, 0.05) is 36.4 Å². The Morgan fingerprint density at radius 1 is 1.12 bits per heavy atom. The highest BCUT2D eigenvalue weighted by Gasteiger charge is 2.32. The van der Waals surface area contributed by atoms with E-state index >= 15 is 0 Å². The van der Waals surface area contributed by atoms with Gasteiger partial charge in [0.05, 0.1) is 6.67 Å². The molecule has 0 unspecified atom stereocenters. The summed E-state index contributed by atoms with van der Waals surface area (Å²) in [6.07, 6.45) is -0.904. The molecule has 0 aliphatic carbocycles. The molecular weight excluding hydrogens is 464 g/mol. The Balaban J connectivity index is 1.64. The molecule has 0 bridgehead atoms. The van der Waals surface area contributed by atoms with Crippen molar-refractivity contribution in [2.45, 2.75) is 39.8 Å². The molecule has 0 spiro atoms. The second-order valence-electron chi connectivity index (χ2n) is 7.45. The van der Waals surface area contributed by atoms with Crippen molar-refractivity contribution < 1.29 is 28.4 Å². The topological polar surface area (TPSA) is 130 Å². The number of benzene rings is 1. The largest absolute Gasteiger partial charge is 0.466 e. The first-order chi connectivity index (χ1) is 16.3. The molecule has 12 heteroatoms. The van der Waals surface area contributed by atoms with Gasteiger partial charge in [-0.2, -0.15) is 0 Å². The van der Waals surface area contributed by atoms with Gasteiger partial charge in [-0.25, -0.2) is 9.59 Å². The number of imide groups is 1. The number of carbonyl (C=O) groups excluding carboxylic acids is 3. The third-order valence-corrected chi connectivity index (χ3v) is 5.47. The lowest BCUT2D eigenvalue weighted by Crippen LogP contribution is -2.37. The lowest BCUT2D eigenvalue weighted by atomic mass is 10.1. The summed E-state index contributed by atoms with van der Waals surface area (Å²) >= 11 is 5.22. The van der Waals surface area contributed by atoms with Crippen LogP contribution in [-0.4, -0.2) is 52.8 Å². The van der Waals surface area contributed by atoms with Gasteiger partial charge in [-0.05, 0) is 43.0 Å². The minimum atomic E-state index is -0.934. The van der Waals surface area contributed by atoms with E-state index < -0.39 is 23.5 Å². The Morgan fingerprint density at radius 2 is 1.82 bits per heavy atom. The van der Waals surface area contributed by atoms with Gasteiger partial charge >= 0.3 is 11.7 Å². The Hall–Kier alpha value is -3.51. The van der Waals surface area contributed by atoms with E-state index in [1.54, 1.807) is 18.2 Å². The van der Waals surface area contributed by atoms with E-state index in [0.29, 0.717) is 33.8 Å². The molecule has 34 heavy (non-hydrogen) atoms. The van der Waals surface area contributed by atoms with Crippen molar-refractivity contribution in [2.24, 2.45) is 0 Å². The Labute approximate surface area is 200 Å². The van der Waals surface area contributed by atoms with E-state index in [9.17, 15) is 19.2 Å². The van der Waals surface area contributed by atoms with E-state index in [2.05, 4.69) is 15.5 Å². The first kappa shape index (κ1) is 25.1. The summed E-state index contributed by atoms with van der Waals surface area (Å²) < 4.78 is 10.9. The molecule has 1 aromatic heterocycles. The number of ether oxygens (including phenoxy) is 1. The first-order valence-electron chi connectivity index (χ1n) is 10.8. The summed E-state index contributed by atoms with van der Waals surface area (Å²) in [5.41, 5.74) is 1.06. The number of nitrogens with one attached hydrogen (secondary N) is 2. The highest BCUT2D eigenvalue weighted by molar-refractivity contribution is 7.80. The van der Waals surface area contributed by atoms with E-state index in [-0.39, 0.29) is 31.2 Å². The smallest absolute Gasteiger partial charge is 0.432 e. The van der Waals surface area contributed by atoms with Crippen LogP contribution < -0.4 is 16.3 Å². The maximum Gasteiger partial charge on any atom is 0.432 e. The van der Waals surface area contributed by atoms with Crippen LogP contribution in [0.25, 0.3) is 11.0 Å². The van der Waals surface area contributed by atoms with Crippen molar-refractivity contribution >= 4 is 46.3 Å². The van der Waals surface area contributed by atoms with E-state index in [4.69, 9.17) is 26.2 Å². The van der Waals surface area contributed by atoms with Crippen molar-refractivity contribution in [3.63, 3.8) is 0 Å². The van der Waals surface area contributed by atoms with Crippen LogP contribution in [0.15, 0.2) is 33.5 Å². The van der Waals surface area contributed by atoms with Crippen LogP contribution in [0.2, 0.25) is 0 Å². The zero-order valence-electron chi connectivity index (χ0n) is 18.9. The zero-order valence-corrected chi connectivity index (χ0v) is 19.7. The predicted octanol–water partition coefficient (Wildman–Crippen LogP) is 1.77. The molecule has 2 aromatic rings. The second-order valence-corrected chi connectivity index (χ2v) is 7.82. The van der Waals surface area contributed by atoms with Crippen LogP contribution >= 0.6 is 12.2 Å². The summed E-state index contributed by atoms with van der Waals surface area (Å²) in [5.74, 6) is -1.12. The SMILES string of the molecule is CCN(CC)CNC(=S)OCc1cc(=O)oc2ccc(CNC(=O)ON3C(=O)CCC3=O)cc12. The highest BCUT2D eigenvalue weighted by atomic mass is 32.1. The van der Waals surface area contributed by atoms with Crippen LogP contribution in [0, 0.1) is 0 Å². The second kappa shape index (κ2) is 11.6. The molecule has 1 fully saturated rings. The minimum absolute atomic E-state index is 0.0151. The van der Waals surface area contributed by atoms with E-state index in [0.717, 1.165) is 13.1 Å². The van der Waals surface area contributed by atoms with Gasteiger partial charge in [-0.15, -0.1) is 5.06 Å². The molecule has 182 valence electrons. The number of hydrogen-bond donors (Lipinski definition) is 2. The maximum absolute atomic E-state index is 12.0. The molecular formula is C22H26N4O7S. The van der Waals surface area contributed by atoms with Gasteiger partial charge in [0.15, 0.2) is 0 Å². The molecule has 1 saturated heterocycles. The monoisotopic (exact) mass is 490 g/mol. The normalized spacial score (nSPS) is 13.4. The molecule has 0 saturated carbocycles. The van der Waals surface area contributed by atoms with Gasteiger partial charge in [0.2, 0.25) is 0 Å². The summed E-state index contributed by atoms with van der Waals surface area (Å²) in [4.78, 5) is 54.0. The molecule has 3 amide bonds. The molecule has 1 aromatic carbocycles. The number of hydrogen-bond acceptors (Lipinski definition) is 9. The molecule has 0 radical (unpaired) electrons. The van der Waals surface area contributed by atoms with Crippen molar-refractivity contribution in [3.05, 3.63) is 45.8 Å². The minimum Gasteiger partial charge on any atom is -0.466 e. The fraction of sp³-hybridized carbons (Fsp3) is 0.409. The number of hydroxylamine groups is 2. The molecule has 0 atom stereocenters. The van der Waals surface area contributed by atoms with Gasteiger partial charge in [-0.3, -0.25) is 14.5 Å². The molecule has 11 nitrogen and oxygen atoms in total. The van der Waals surface area contributed by atoms with Crippen LogP contribution in [-0.2, 0) is 32.3 Å². The number of nitrogens with zero attached hydrogens (tertiary/aromatic N) is 2. The zero-order chi connectivity index (χ0) is 24.7. The number of fused-ring (bicyclic) bond motifs is 1. The third-order valence-electron chi connectivity index (χ3n) is 5.21. The maximum atomic E-state index is 12.0. The molecule has 2 heterocycles. The molecule has 1 aliphatic heterocycles. The Kier molecular flexibility index (Phi) is 8.55. The van der Waals surface area contributed by atoms with Crippen LogP contribution in [0.4, 0.5) is 4.79 Å². The Morgan fingerprint density at radius 3 is 2.50 bits per heavy atom. The van der Waals surface area contributed by atoms with E-state index in [1.165, 1.54) is 6.07 Å². The average Bonchev–Trinajstić information content (AvgIpc) is 3.13. The van der Waals surface area contributed by atoms with Gasteiger partial charge in [-0.1, -0.05) is 19.9 Å². The van der Waals surface area contributed by atoms with E-state index in [1.807, 2.05) is 13.8 Å². The van der Waals surface area contributed by atoms with Crippen molar-refractivity contribution in [3.8, 4) is 0 Å². The van der Waals surface area contributed by atoms with Crippen molar-refractivity contribution in [1.82, 2.24) is 20.6 Å². The average molecular weight is 491 g/mol. The molecule has 3 rings (SSSR count). The predicted molar refractivity (Wildman–Crippen MR) is 125 cm³/mol. The lowest BCUT2D eigenvalue weighted by molar-refractivity contribution is -0.171. The summed E-state index contributed by atoms with van der Waals surface area (Å²) in [6, 6.07) is 6.33.